The predicted molar refractivity (Wildman–Crippen MR) is 138 cm³/mol. The van der Waals surface area contributed by atoms with Crippen molar-refractivity contribution in [1.29, 1.82) is 0 Å². The lowest BCUT2D eigenvalue weighted by atomic mass is 9.90. The molecule has 212 valence electrons. The molecule has 5 atom stereocenters. The molecule has 0 unspecified atom stereocenters. The van der Waals surface area contributed by atoms with Crippen LogP contribution in [0.1, 0.15) is 67.2 Å². The molecule has 1 rings (SSSR count). The fourth-order valence-corrected chi connectivity index (χ4v) is 4.80. The van der Waals surface area contributed by atoms with Gasteiger partial charge in [-0.2, -0.15) is 0 Å². The molecule has 1 saturated heterocycles. The van der Waals surface area contributed by atoms with Gasteiger partial charge in [-0.05, 0) is 31.8 Å². The molecule has 0 spiro atoms. The monoisotopic (exact) mass is 526 g/mol. The Hall–Kier alpha value is -2.53. The number of amides is 4. The third-order valence-electron chi connectivity index (χ3n) is 6.96. The maximum Gasteiger partial charge on any atom is 0.335 e. The number of nitrogens with zero attached hydrogens (tertiary/aromatic N) is 3. The summed E-state index contributed by atoms with van der Waals surface area (Å²) in [6.07, 6.45) is -0.344. The molecule has 1 aliphatic rings. The molecule has 0 aliphatic carbocycles. The van der Waals surface area contributed by atoms with Gasteiger partial charge in [0.15, 0.2) is 0 Å². The summed E-state index contributed by atoms with van der Waals surface area (Å²) in [7, 11) is 6.72. The van der Waals surface area contributed by atoms with Gasteiger partial charge < -0.3 is 19.8 Å². The molecule has 4 amide bonds. The van der Waals surface area contributed by atoms with Crippen molar-refractivity contribution in [2.75, 3.05) is 28.3 Å². The van der Waals surface area contributed by atoms with E-state index in [1.54, 1.807) is 7.05 Å². The van der Waals surface area contributed by atoms with Crippen LogP contribution in [0.3, 0.4) is 0 Å². The quantitative estimate of drug-likeness (QED) is 0.338. The molecule has 0 aromatic carbocycles. The Labute approximate surface area is 221 Å². The van der Waals surface area contributed by atoms with E-state index >= 15 is 0 Å². The van der Waals surface area contributed by atoms with E-state index in [0.717, 1.165) is 0 Å². The minimum absolute atomic E-state index is 0.000350. The van der Waals surface area contributed by atoms with Gasteiger partial charge in [-0.25, -0.2) is 4.79 Å². The smallest absolute Gasteiger partial charge is 0.335 e. The number of methoxy groups -OCH3 is 1. The molecule has 1 aliphatic heterocycles. The van der Waals surface area contributed by atoms with Crippen LogP contribution >= 0.6 is 0 Å². The van der Waals surface area contributed by atoms with Crippen LogP contribution in [0.25, 0.3) is 0 Å². The van der Waals surface area contributed by atoms with Crippen molar-refractivity contribution >= 4 is 29.6 Å². The van der Waals surface area contributed by atoms with Crippen molar-refractivity contribution in [2.24, 2.45) is 17.8 Å². The van der Waals surface area contributed by atoms with Gasteiger partial charge in [0, 0.05) is 27.0 Å². The Morgan fingerprint density at radius 1 is 0.973 bits per heavy atom. The van der Waals surface area contributed by atoms with Crippen LogP contribution in [0.5, 0.6) is 0 Å². The number of imide groups is 1. The number of hydrogen-bond acceptors (Lipinski definition) is 8. The largest absolute Gasteiger partial charge is 0.379 e. The standard InChI is InChI=1S/C26H46N4O7/c1-11-17(6)24(18(36-10)14-21(33)37-30-19(31)12-13-20(30)32)29(9)26(35)22(15(2)3)27-25(34)23(16(4)5)28(7)8/h15-18,22-24H,11-14H2,1-10H3,(H,27,34)/t17-,18+,22-,23-,24+/m0/s1. The number of ether oxygens (including phenoxy) is 1. The van der Waals surface area contributed by atoms with Crippen molar-refractivity contribution in [1.82, 2.24) is 20.2 Å². The lowest BCUT2D eigenvalue weighted by molar-refractivity contribution is -0.199. The lowest BCUT2D eigenvalue weighted by Gasteiger charge is -2.40. The Morgan fingerprint density at radius 3 is 1.92 bits per heavy atom. The molecular formula is C26H46N4O7. The lowest BCUT2D eigenvalue weighted by Crippen LogP contribution is -2.59. The number of hydrogen-bond donors (Lipinski definition) is 1. The number of nitrogens with one attached hydrogen (secondary N) is 1. The highest BCUT2D eigenvalue weighted by Crippen LogP contribution is 2.24. The van der Waals surface area contributed by atoms with Crippen molar-refractivity contribution < 1.29 is 33.5 Å². The number of hydroxylamine groups is 2. The average Bonchev–Trinajstić information content (AvgIpc) is 3.12. The molecule has 0 aromatic heterocycles. The van der Waals surface area contributed by atoms with E-state index in [1.165, 1.54) is 12.0 Å². The first-order chi connectivity index (χ1) is 17.2. The number of likely N-dealkylation sites (N-methyl/N-ethyl adjacent to an activating group) is 2. The summed E-state index contributed by atoms with van der Waals surface area (Å²) in [4.78, 5) is 71.5. The van der Waals surface area contributed by atoms with E-state index in [-0.39, 0.29) is 48.8 Å². The minimum Gasteiger partial charge on any atom is -0.379 e. The van der Waals surface area contributed by atoms with E-state index in [1.807, 2.05) is 60.5 Å². The Bertz CT molecular complexity index is 806. The SMILES string of the molecule is CC[C@H](C)[C@H]([C@@H](CC(=O)ON1C(=O)CCC1=O)OC)N(C)C(=O)[C@@H](NC(=O)[C@H](C(C)C)N(C)C)C(C)C. The van der Waals surface area contributed by atoms with Gasteiger partial charge in [-0.15, -0.1) is 5.06 Å². The third kappa shape index (κ3) is 8.49. The Kier molecular flexibility index (Phi) is 12.7. The highest BCUT2D eigenvalue weighted by molar-refractivity contribution is 6.01. The second-order valence-electron chi connectivity index (χ2n) is 10.7. The van der Waals surface area contributed by atoms with Crippen LogP contribution in [-0.2, 0) is 33.5 Å². The minimum atomic E-state index is -0.802. The topological polar surface area (TPSA) is 126 Å². The predicted octanol–water partition coefficient (Wildman–Crippen LogP) is 1.60. The van der Waals surface area contributed by atoms with Crippen molar-refractivity contribution in [3.8, 4) is 0 Å². The molecule has 0 radical (unpaired) electrons. The molecule has 11 nitrogen and oxygen atoms in total. The van der Waals surface area contributed by atoms with Gasteiger partial charge in [0.05, 0.1) is 24.6 Å². The van der Waals surface area contributed by atoms with Gasteiger partial charge in [0.2, 0.25) is 11.8 Å². The second kappa shape index (κ2) is 14.4. The number of carbonyl (C=O) groups excluding carboxylic acids is 5. The zero-order chi connectivity index (χ0) is 28.6. The van der Waals surface area contributed by atoms with Crippen LogP contribution in [0.4, 0.5) is 0 Å². The van der Waals surface area contributed by atoms with Crippen LogP contribution in [0.2, 0.25) is 0 Å². The fourth-order valence-electron chi connectivity index (χ4n) is 4.80. The number of carbonyl (C=O) groups is 5. The zero-order valence-corrected chi connectivity index (χ0v) is 24.1. The fraction of sp³-hybridized carbons (Fsp3) is 0.808. The molecule has 11 heteroatoms. The summed E-state index contributed by atoms with van der Waals surface area (Å²) in [6, 6.07) is -1.72. The van der Waals surface area contributed by atoms with E-state index in [4.69, 9.17) is 9.57 Å². The zero-order valence-electron chi connectivity index (χ0n) is 24.1. The molecule has 1 fully saturated rings. The summed E-state index contributed by atoms with van der Waals surface area (Å²) in [5.74, 6) is -2.68. The maximum atomic E-state index is 13.7. The second-order valence-corrected chi connectivity index (χ2v) is 10.7. The summed E-state index contributed by atoms with van der Waals surface area (Å²) < 4.78 is 5.64. The number of rotatable bonds is 14. The highest BCUT2D eigenvalue weighted by Gasteiger charge is 2.40. The van der Waals surface area contributed by atoms with Gasteiger partial charge in [-0.3, -0.25) is 24.1 Å². The highest BCUT2D eigenvalue weighted by atomic mass is 16.7. The molecule has 0 bridgehead atoms. The van der Waals surface area contributed by atoms with Gasteiger partial charge in [-0.1, -0.05) is 48.0 Å². The van der Waals surface area contributed by atoms with Crippen LogP contribution in [0, 0.1) is 17.8 Å². The summed E-state index contributed by atoms with van der Waals surface area (Å²) >= 11 is 0. The van der Waals surface area contributed by atoms with Crippen LogP contribution in [0.15, 0.2) is 0 Å². The van der Waals surface area contributed by atoms with E-state index in [2.05, 4.69) is 5.32 Å². The van der Waals surface area contributed by atoms with Gasteiger partial charge in [0.1, 0.15) is 6.04 Å². The Morgan fingerprint density at radius 2 is 1.51 bits per heavy atom. The van der Waals surface area contributed by atoms with E-state index in [9.17, 15) is 24.0 Å². The average molecular weight is 527 g/mol. The molecule has 1 N–H and O–H groups in total. The van der Waals surface area contributed by atoms with E-state index < -0.39 is 42.0 Å². The molecule has 37 heavy (non-hydrogen) atoms. The van der Waals surface area contributed by atoms with Gasteiger partial charge >= 0.3 is 5.97 Å². The first-order valence-corrected chi connectivity index (χ1v) is 13.0. The van der Waals surface area contributed by atoms with Crippen LogP contribution < -0.4 is 5.32 Å². The van der Waals surface area contributed by atoms with Crippen molar-refractivity contribution in [3.05, 3.63) is 0 Å². The van der Waals surface area contributed by atoms with Gasteiger partial charge in [0.25, 0.3) is 11.8 Å². The summed E-state index contributed by atoms with van der Waals surface area (Å²) in [5.41, 5.74) is 0. The van der Waals surface area contributed by atoms with Crippen molar-refractivity contribution in [2.45, 2.75) is 91.5 Å². The Balaban J connectivity index is 3.14. The first kappa shape index (κ1) is 32.5. The van der Waals surface area contributed by atoms with E-state index in [0.29, 0.717) is 11.5 Å². The maximum absolute atomic E-state index is 13.7. The van der Waals surface area contributed by atoms with Crippen LogP contribution in [-0.4, -0.2) is 96.9 Å². The molecule has 1 heterocycles. The molecule has 0 aromatic rings. The first-order valence-electron chi connectivity index (χ1n) is 13.0. The summed E-state index contributed by atoms with van der Waals surface area (Å²) in [6.45, 7) is 11.5. The molecule has 0 saturated carbocycles. The normalized spacial score (nSPS) is 18.1. The third-order valence-corrected chi connectivity index (χ3v) is 6.96. The summed E-state index contributed by atoms with van der Waals surface area (Å²) in [5, 5.41) is 3.44. The molecular weight excluding hydrogens is 480 g/mol. The van der Waals surface area contributed by atoms with Crippen molar-refractivity contribution in [3.63, 3.8) is 0 Å².